The monoisotopic (exact) mass is 214 g/mol. The standard InChI is InChI=1S/C12H26N2O/c1-6-11(5)9-14(7-2)12(15)8-13-10(3)4/h10-11,13H,6-9H2,1-5H3. The van der Waals surface area contributed by atoms with Gasteiger partial charge in [0.05, 0.1) is 6.54 Å². The smallest absolute Gasteiger partial charge is 0.236 e. The van der Waals surface area contributed by atoms with Gasteiger partial charge in [0, 0.05) is 19.1 Å². The van der Waals surface area contributed by atoms with Crippen LogP contribution in [0.3, 0.4) is 0 Å². The van der Waals surface area contributed by atoms with Crippen molar-refractivity contribution in [3.8, 4) is 0 Å². The maximum atomic E-state index is 11.8. The number of hydrogen-bond acceptors (Lipinski definition) is 2. The molecule has 1 amide bonds. The van der Waals surface area contributed by atoms with Crippen molar-refractivity contribution in [3.05, 3.63) is 0 Å². The third kappa shape index (κ3) is 6.50. The number of likely N-dealkylation sites (N-methyl/N-ethyl adjacent to an activating group) is 1. The topological polar surface area (TPSA) is 32.3 Å². The second kappa shape index (κ2) is 7.69. The lowest BCUT2D eigenvalue weighted by molar-refractivity contribution is -0.130. The fraction of sp³-hybridized carbons (Fsp3) is 0.917. The van der Waals surface area contributed by atoms with Crippen LogP contribution in [0.2, 0.25) is 0 Å². The minimum Gasteiger partial charge on any atom is -0.342 e. The summed E-state index contributed by atoms with van der Waals surface area (Å²) < 4.78 is 0. The molecular weight excluding hydrogens is 188 g/mol. The van der Waals surface area contributed by atoms with Crippen molar-refractivity contribution in [2.75, 3.05) is 19.6 Å². The zero-order valence-corrected chi connectivity index (χ0v) is 10.8. The lowest BCUT2D eigenvalue weighted by atomic mass is 10.1. The maximum absolute atomic E-state index is 11.8. The van der Waals surface area contributed by atoms with Gasteiger partial charge in [-0.1, -0.05) is 34.1 Å². The first-order valence-electron chi connectivity index (χ1n) is 6.02. The van der Waals surface area contributed by atoms with Crippen molar-refractivity contribution in [2.24, 2.45) is 5.92 Å². The molecule has 3 nitrogen and oxygen atoms in total. The van der Waals surface area contributed by atoms with E-state index in [2.05, 4.69) is 33.0 Å². The van der Waals surface area contributed by atoms with Gasteiger partial charge in [-0.05, 0) is 12.8 Å². The number of hydrogen-bond donors (Lipinski definition) is 1. The first-order valence-corrected chi connectivity index (χ1v) is 6.02. The van der Waals surface area contributed by atoms with Crippen molar-refractivity contribution >= 4 is 5.91 Å². The van der Waals surface area contributed by atoms with E-state index in [1.807, 2.05) is 11.8 Å². The summed E-state index contributed by atoms with van der Waals surface area (Å²) in [6.45, 7) is 12.6. The molecule has 0 spiro atoms. The van der Waals surface area contributed by atoms with Crippen LogP contribution < -0.4 is 5.32 Å². The van der Waals surface area contributed by atoms with E-state index in [-0.39, 0.29) is 5.91 Å². The zero-order chi connectivity index (χ0) is 11.8. The summed E-state index contributed by atoms with van der Waals surface area (Å²) in [4.78, 5) is 13.7. The highest BCUT2D eigenvalue weighted by Gasteiger charge is 2.13. The van der Waals surface area contributed by atoms with Crippen molar-refractivity contribution in [2.45, 2.75) is 47.1 Å². The number of rotatable bonds is 7. The van der Waals surface area contributed by atoms with E-state index in [1.54, 1.807) is 0 Å². The van der Waals surface area contributed by atoms with Gasteiger partial charge in [0.1, 0.15) is 0 Å². The largest absolute Gasteiger partial charge is 0.342 e. The molecule has 3 heteroatoms. The van der Waals surface area contributed by atoms with Crippen molar-refractivity contribution in [1.29, 1.82) is 0 Å². The fourth-order valence-corrected chi connectivity index (χ4v) is 1.32. The van der Waals surface area contributed by atoms with E-state index in [9.17, 15) is 4.79 Å². The molecule has 0 aromatic rings. The first-order chi connectivity index (χ1) is 7.01. The van der Waals surface area contributed by atoms with Gasteiger partial charge in [-0.15, -0.1) is 0 Å². The number of nitrogens with zero attached hydrogens (tertiary/aromatic N) is 1. The average Bonchev–Trinajstić information content (AvgIpc) is 2.21. The predicted octanol–water partition coefficient (Wildman–Crippen LogP) is 1.88. The van der Waals surface area contributed by atoms with E-state index < -0.39 is 0 Å². The van der Waals surface area contributed by atoms with Crippen LogP contribution in [0.5, 0.6) is 0 Å². The van der Waals surface area contributed by atoms with Crippen molar-refractivity contribution in [3.63, 3.8) is 0 Å². The summed E-state index contributed by atoms with van der Waals surface area (Å²) in [5.41, 5.74) is 0. The van der Waals surface area contributed by atoms with Gasteiger partial charge in [0.15, 0.2) is 0 Å². The van der Waals surface area contributed by atoms with Gasteiger partial charge in [0.25, 0.3) is 0 Å². The summed E-state index contributed by atoms with van der Waals surface area (Å²) >= 11 is 0. The Hall–Kier alpha value is -0.570. The van der Waals surface area contributed by atoms with Crippen LogP contribution in [0.1, 0.15) is 41.0 Å². The highest BCUT2D eigenvalue weighted by Crippen LogP contribution is 2.04. The Morgan fingerprint density at radius 3 is 2.27 bits per heavy atom. The number of nitrogens with one attached hydrogen (secondary N) is 1. The Kier molecular flexibility index (Phi) is 7.39. The van der Waals surface area contributed by atoms with Gasteiger partial charge < -0.3 is 10.2 Å². The van der Waals surface area contributed by atoms with Gasteiger partial charge in [0.2, 0.25) is 5.91 Å². The summed E-state index contributed by atoms with van der Waals surface area (Å²) in [6, 6.07) is 0.372. The van der Waals surface area contributed by atoms with Crippen LogP contribution in [0.4, 0.5) is 0 Å². The van der Waals surface area contributed by atoms with Crippen molar-refractivity contribution in [1.82, 2.24) is 10.2 Å². The van der Waals surface area contributed by atoms with E-state index in [0.29, 0.717) is 18.5 Å². The van der Waals surface area contributed by atoms with Crippen LogP contribution in [0.25, 0.3) is 0 Å². The number of carbonyl (C=O) groups excluding carboxylic acids is 1. The highest BCUT2D eigenvalue weighted by molar-refractivity contribution is 5.78. The lowest BCUT2D eigenvalue weighted by Gasteiger charge is -2.24. The molecule has 1 N–H and O–H groups in total. The zero-order valence-electron chi connectivity index (χ0n) is 10.8. The lowest BCUT2D eigenvalue weighted by Crippen LogP contribution is -2.41. The van der Waals surface area contributed by atoms with Gasteiger partial charge in [-0.3, -0.25) is 4.79 Å². The summed E-state index contributed by atoms with van der Waals surface area (Å²) in [5.74, 6) is 0.805. The predicted molar refractivity (Wildman–Crippen MR) is 64.8 cm³/mol. The molecule has 0 aromatic heterocycles. The highest BCUT2D eigenvalue weighted by atomic mass is 16.2. The molecule has 0 fully saturated rings. The molecule has 1 atom stereocenters. The normalized spacial score (nSPS) is 12.9. The molecule has 0 aromatic carbocycles. The van der Waals surface area contributed by atoms with Gasteiger partial charge >= 0.3 is 0 Å². The fourth-order valence-electron chi connectivity index (χ4n) is 1.32. The average molecular weight is 214 g/mol. The first kappa shape index (κ1) is 14.4. The van der Waals surface area contributed by atoms with Crippen LogP contribution in [-0.4, -0.2) is 36.5 Å². The second-order valence-corrected chi connectivity index (χ2v) is 4.48. The van der Waals surface area contributed by atoms with E-state index in [4.69, 9.17) is 0 Å². The van der Waals surface area contributed by atoms with Crippen LogP contribution >= 0.6 is 0 Å². The van der Waals surface area contributed by atoms with Crippen LogP contribution in [0, 0.1) is 5.92 Å². The van der Waals surface area contributed by atoms with Gasteiger partial charge in [-0.2, -0.15) is 0 Å². The molecule has 0 radical (unpaired) electrons. The van der Waals surface area contributed by atoms with E-state index in [1.165, 1.54) is 0 Å². The third-order valence-electron chi connectivity index (χ3n) is 2.62. The Morgan fingerprint density at radius 2 is 1.87 bits per heavy atom. The maximum Gasteiger partial charge on any atom is 0.236 e. The molecule has 0 aliphatic rings. The quantitative estimate of drug-likeness (QED) is 0.702. The number of carbonyl (C=O) groups is 1. The molecule has 0 bridgehead atoms. The number of amides is 1. The van der Waals surface area contributed by atoms with Crippen molar-refractivity contribution < 1.29 is 4.79 Å². The Balaban J connectivity index is 3.99. The molecule has 0 saturated heterocycles. The van der Waals surface area contributed by atoms with Crippen LogP contribution in [-0.2, 0) is 4.79 Å². The SMILES string of the molecule is CCC(C)CN(CC)C(=O)CNC(C)C. The Morgan fingerprint density at radius 1 is 1.27 bits per heavy atom. The molecular formula is C12H26N2O. The molecule has 0 aliphatic heterocycles. The van der Waals surface area contributed by atoms with Gasteiger partial charge in [-0.25, -0.2) is 0 Å². The molecule has 0 heterocycles. The third-order valence-corrected chi connectivity index (χ3v) is 2.62. The molecule has 0 saturated carbocycles. The summed E-state index contributed by atoms with van der Waals surface area (Å²) in [5, 5.41) is 3.16. The Labute approximate surface area is 94.2 Å². The summed E-state index contributed by atoms with van der Waals surface area (Å²) in [6.07, 6.45) is 1.13. The molecule has 15 heavy (non-hydrogen) atoms. The molecule has 0 rings (SSSR count). The van der Waals surface area contributed by atoms with E-state index >= 15 is 0 Å². The van der Waals surface area contributed by atoms with Crippen LogP contribution in [0.15, 0.2) is 0 Å². The molecule has 0 aliphatic carbocycles. The molecule has 1 unspecified atom stereocenters. The minimum absolute atomic E-state index is 0.214. The second-order valence-electron chi connectivity index (χ2n) is 4.48. The minimum atomic E-state index is 0.214. The summed E-state index contributed by atoms with van der Waals surface area (Å²) in [7, 11) is 0. The van der Waals surface area contributed by atoms with E-state index in [0.717, 1.165) is 19.5 Å². The molecule has 90 valence electrons. The Bertz CT molecular complexity index is 180.